The van der Waals surface area contributed by atoms with Gasteiger partial charge in [-0.15, -0.1) is 69.6 Å². The molecular formula is C6H8Cl6INOs. The van der Waals surface area contributed by atoms with E-state index in [9.17, 15) is 0 Å². The van der Waals surface area contributed by atoms with Crippen LogP contribution in [-0.2, 0) is 19.8 Å². The van der Waals surface area contributed by atoms with Crippen LogP contribution in [0.5, 0.6) is 0 Å². The maximum Gasteiger partial charge on any atom is 0.0693 e. The van der Waals surface area contributed by atoms with Gasteiger partial charge in [-0.1, -0.05) is 0 Å². The molecule has 94 valence electrons. The summed E-state index contributed by atoms with van der Waals surface area (Å²) in [6.45, 7) is 0. The summed E-state index contributed by atoms with van der Waals surface area (Å²) in [7, 11) is 0. The minimum Gasteiger partial charge on any atom is -0.275 e. The molecule has 0 heterocycles. The van der Waals surface area contributed by atoms with E-state index in [-0.39, 0.29) is 19.8 Å². The second-order valence-corrected chi connectivity index (χ2v) is 5.69. The van der Waals surface area contributed by atoms with Crippen molar-refractivity contribution < 1.29 is 19.8 Å². The fraction of sp³-hybridized carbons (Fsp3) is 1.00. The van der Waals surface area contributed by atoms with E-state index in [1.165, 1.54) is 0 Å². The first kappa shape index (κ1) is 20.4. The number of nitrogens with two attached hydrogens (primary N) is 1. The molecule has 1 aliphatic carbocycles. The van der Waals surface area contributed by atoms with Gasteiger partial charge in [0, 0.05) is 42.7 Å². The Bertz CT molecular complexity index is 119. The van der Waals surface area contributed by atoms with Crippen LogP contribution in [0.4, 0.5) is 0 Å². The summed E-state index contributed by atoms with van der Waals surface area (Å²) < 4.78 is 4.47. The maximum atomic E-state index is 5.88. The summed E-state index contributed by atoms with van der Waals surface area (Å²) in [5.74, 6) is 0. The van der Waals surface area contributed by atoms with Gasteiger partial charge in [-0.3, -0.25) is 3.95 Å². The van der Waals surface area contributed by atoms with Gasteiger partial charge in [0.05, 0.1) is 32.3 Å². The van der Waals surface area contributed by atoms with Crippen LogP contribution in [0.3, 0.4) is 0 Å². The molecule has 0 radical (unpaired) electrons. The van der Waals surface area contributed by atoms with Crippen LogP contribution >= 0.6 is 92.5 Å². The van der Waals surface area contributed by atoms with Gasteiger partial charge in [-0.25, -0.2) is 0 Å². The molecule has 0 bridgehead atoms. The average molecular weight is 624 g/mol. The molecule has 0 aliphatic heterocycles. The molecule has 0 atom stereocenters. The van der Waals surface area contributed by atoms with E-state index in [2.05, 4.69) is 3.95 Å². The van der Waals surface area contributed by atoms with E-state index in [4.69, 9.17) is 69.6 Å². The zero-order valence-electron chi connectivity index (χ0n) is 7.04. The van der Waals surface area contributed by atoms with E-state index in [0.29, 0.717) is 0 Å². The SMILES string of the molecule is Cl[C@H]1[C@H](Cl)[C@@H](Cl)[C@@H](Cl)[C@H](Cl)[C@H]1Cl.NI.[Os]. The molecule has 0 amide bonds. The van der Waals surface area contributed by atoms with Gasteiger partial charge in [-0.05, 0) is 0 Å². The Hall–Kier alpha value is 3.07. The van der Waals surface area contributed by atoms with Gasteiger partial charge < -0.3 is 0 Å². The summed E-state index contributed by atoms with van der Waals surface area (Å²) >= 11 is 36.9. The summed E-state index contributed by atoms with van der Waals surface area (Å²) in [5, 5.41) is -2.62. The smallest absolute Gasteiger partial charge is 0.0693 e. The molecule has 0 aromatic carbocycles. The Balaban J connectivity index is 0. The van der Waals surface area contributed by atoms with Gasteiger partial charge >= 0.3 is 0 Å². The molecule has 1 saturated carbocycles. The molecule has 9 heteroatoms. The molecule has 2 N–H and O–H groups in total. The molecule has 0 aromatic heterocycles. The quantitative estimate of drug-likeness (QED) is 0.247. The van der Waals surface area contributed by atoms with Crippen molar-refractivity contribution in [2.45, 2.75) is 32.3 Å². The summed E-state index contributed by atoms with van der Waals surface area (Å²) in [5.41, 5.74) is 0. The van der Waals surface area contributed by atoms with Crippen molar-refractivity contribution in [1.29, 1.82) is 0 Å². The Morgan fingerprint density at radius 1 is 0.533 bits per heavy atom. The monoisotopic (exact) mass is 623 g/mol. The first-order valence-electron chi connectivity index (χ1n) is 3.53. The number of hydrogen-bond donors (Lipinski definition) is 1. The second-order valence-electron chi connectivity index (χ2n) is 2.67. The fourth-order valence-corrected chi connectivity index (χ4v) is 3.38. The molecule has 0 unspecified atom stereocenters. The van der Waals surface area contributed by atoms with E-state index < -0.39 is 32.3 Å². The van der Waals surface area contributed by atoms with Crippen LogP contribution in [0.15, 0.2) is 0 Å². The third-order valence-electron chi connectivity index (χ3n) is 1.83. The summed E-state index contributed by atoms with van der Waals surface area (Å²) in [4.78, 5) is 0. The van der Waals surface area contributed by atoms with Crippen LogP contribution < -0.4 is 3.95 Å². The molecule has 0 spiro atoms. The van der Waals surface area contributed by atoms with E-state index in [1.54, 1.807) is 22.9 Å². The van der Waals surface area contributed by atoms with Crippen LogP contribution in [-0.4, -0.2) is 32.3 Å². The predicted octanol–water partition coefficient (Wildman–Crippen LogP) is 3.94. The van der Waals surface area contributed by atoms with E-state index >= 15 is 0 Å². The van der Waals surface area contributed by atoms with Gasteiger partial charge in [0.15, 0.2) is 0 Å². The molecule has 1 fully saturated rings. The Morgan fingerprint density at radius 2 is 0.600 bits per heavy atom. The Morgan fingerprint density at radius 3 is 0.667 bits per heavy atom. The number of halogens is 7. The van der Waals surface area contributed by atoms with Gasteiger partial charge in [0.2, 0.25) is 0 Å². The average Bonchev–Trinajstić information content (AvgIpc) is 2.24. The molecule has 0 aromatic rings. The zero-order chi connectivity index (χ0) is 11.5. The topological polar surface area (TPSA) is 26.0 Å². The van der Waals surface area contributed by atoms with Crippen molar-refractivity contribution in [3.05, 3.63) is 0 Å². The van der Waals surface area contributed by atoms with Gasteiger partial charge in [0.25, 0.3) is 0 Å². The van der Waals surface area contributed by atoms with Crippen LogP contribution in [0.25, 0.3) is 0 Å². The largest absolute Gasteiger partial charge is 0.275 e. The number of rotatable bonds is 0. The maximum absolute atomic E-state index is 5.88. The summed E-state index contributed by atoms with van der Waals surface area (Å²) in [6.07, 6.45) is 0. The van der Waals surface area contributed by atoms with E-state index in [1.807, 2.05) is 0 Å². The zero-order valence-corrected chi connectivity index (χ0v) is 16.3. The molecule has 1 nitrogen and oxygen atoms in total. The van der Waals surface area contributed by atoms with E-state index in [0.717, 1.165) is 0 Å². The van der Waals surface area contributed by atoms with Crippen molar-refractivity contribution in [1.82, 2.24) is 0 Å². The van der Waals surface area contributed by atoms with Crippen LogP contribution in [0.1, 0.15) is 0 Å². The summed E-state index contributed by atoms with van der Waals surface area (Å²) in [6, 6.07) is 0. The molecule has 15 heavy (non-hydrogen) atoms. The second kappa shape index (κ2) is 9.93. The fourth-order valence-electron chi connectivity index (χ4n) is 1.05. The van der Waals surface area contributed by atoms with Crippen LogP contribution in [0.2, 0.25) is 0 Å². The standard InChI is InChI=1S/C6H6Cl6.H2IN.Os/c7-1-2(8)4(10)6(12)5(11)3(1)9;1-2;/h1-6H;2H2;/t1-,2-,3-,4+,5+,6+;;. The van der Waals surface area contributed by atoms with Crippen molar-refractivity contribution in [3.8, 4) is 0 Å². The minimum absolute atomic E-state index is 0. The first-order chi connectivity index (χ1) is 6.46. The molecule has 0 saturated heterocycles. The van der Waals surface area contributed by atoms with Crippen LogP contribution in [0, 0.1) is 0 Å². The van der Waals surface area contributed by atoms with Gasteiger partial charge in [0.1, 0.15) is 0 Å². The third kappa shape index (κ3) is 5.29. The predicted molar refractivity (Wildman–Crippen MR) is 76.1 cm³/mol. The van der Waals surface area contributed by atoms with Crippen molar-refractivity contribution in [2.75, 3.05) is 0 Å². The number of alkyl halides is 6. The van der Waals surface area contributed by atoms with Gasteiger partial charge in [-0.2, -0.15) is 0 Å². The minimum atomic E-state index is -0.437. The van der Waals surface area contributed by atoms with Crippen molar-refractivity contribution >= 4 is 92.5 Å². The normalized spacial score (nSPS) is 44.8. The Labute approximate surface area is 147 Å². The third-order valence-corrected chi connectivity index (χ3v) is 5.86. The van der Waals surface area contributed by atoms with Crippen molar-refractivity contribution in [3.63, 3.8) is 0 Å². The Kier molecular flexibility index (Phi) is 13.5. The number of hydrogen-bond acceptors (Lipinski definition) is 1. The van der Waals surface area contributed by atoms with Crippen molar-refractivity contribution in [2.24, 2.45) is 3.95 Å². The molecular weight excluding hydrogens is 616 g/mol. The molecule has 1 rings (SSSR count). The molecule has 1 aliphatic rings. The first-order valence-corrected chi connectivity index (χ1v) is 7.39.